The minimum Gasteiger partial charge on any atom is -0.460 e. The van der Waals surface area contributed by atoms with E-state index in [1.807, 2.05) is 18.2 Å². The zero-order valence-corrected chi connectivity index (χ0v) is 17.5. The smallest absolute Gasteiger partial charge is 0.339 e. The third-order valence-corrected chi connectivity index (χ3v) is 6.16. The maximum absolute atomic E-state index is 12.6. The first-order valence-corrected chi connectivity index (χ1v) is 10.4. The number of aliphatic hydroxyl groups is 1. The fourth-order valence-corrected chi connectivity index (χ4v) is 4.34. The van der Waals surface area contributed by atoms with Gasteiger partial charge in [0.25, 0.3) is 0 Å². The van der Waals surface area contributed by atoms with E-state index in [0.29, 0.717) is 5.92 Å². The standard InChI is InChI=1S/C25H31NO3/c1-18-11-13-21(25(2,3)20-9-5-4-6-10-20)23(16-18)29-24(28)22(27)14-12-19-8-7-15-26-17-19/h4-10,12,14-15,17-18,21-23,27H,11,13,16H2,1-3H3/t18-,21-,22+,23-/m1/s1. The number of benzene rings is 1. The summed E-state index contributed by atoms with van der Waals surface area (Å²) < 4.78 is 5.88. The second-order valence-corrected chi connectivity index (χ2v) is 8.68. The molecule has 0 radical (unpaired) electrons. The quantitative estimate of drug-likeness (QED) is 0.718. The van der Waals surface area contributed by atoms with Crippen molar-refractivity contribution in [2.24, 2.45) is 11.8 Å². The van der Waals surface area contributed by atoms with Crippen molar-refractivity contribution in [2.75, 3.05) is 0 Å². The van der Waals surface area contributed by atoms with Crippen LogP contribution in [0.4, 0.5) is 0 Å². The highest BCUT2D eigenvalue weighted by Gasteiger charge is 2.42. The van der Waals surface area contributed by atoms with Crippen molar-refractivity contribution >= 4 is 12.0 Å². The maximum Gasteiger partial charge on any atom is 0.339 e. The molecule has 0 bridgehead atoms. The average molecular weight is 394 g/mol. The second-order valence-electron chi connectivity index (χ2n) is 8.68. The van der Waals surface area contributed by atoms with Crippen LogP contribution in [0, 0.1) is 11.8 Å². The summed E-state index contributed by atoms with van der Waals surface area (Å²) in [7, 11) is 0. The summed E-state index contributed by atoms with van der Waals surface area (Å²) in [5.41, 5.74) is 1.95. The van der Waals surface area contributed by atoms with Gasteiger partial charge in [-0.05, 0) is 47.4 Å². The summed E-state index contributed by atoms with van der Waals surface area (Å²) in [4.78, 5) is 16.6. The minimum absolute atomic E-state index is 0.122. The van der Waals surface area contributed by atoms with Crippen LogP contribution < -0.4 is 0 Å². The summed E-state index contributed by atoms with van der Waals surface area (Å²) >= 11 is 0. The maximum atomic E-state index is 12.6. The van der Waals surface area contributed by atoms with Crippen molar-refractivity contribution in [1.82, 2.24) is 4.98 Å². The molecule has 3 rings (SSSR count). The number of hydrogen-bond acceptors (Lipinski definition) is 4. The molecule has 29 heavy (non-hydrogen) atoms. The van der Waals surface area contributed by atoms with Crippen LogP contribution >= 0.6 is 0 Å². The third kappa shape index (κ3) is 5.33. The largest absolute Gasteiger partial charge is 0.460 e. The Morgan fingerprint density at radius 2 is 1.97 bits per heavy atom. The van der Waals surface area contributed by atoms with E-state index in [4.69, 9.17) is 4.74 Å². The van der Waals surface area contributed by atoms with Gasteiger partial charge in [-0.1, -0.05) is 69.7 Å². The fraction of sp³-hybridized carbons (Fsp3) is 0.440. The van der Waals surface area contributed by atoms with Crippen molar-refractivity contribution < 1.29 is 14.6 Å². The Morgan fingerprint density at radius 3 is 2.66 bits per heavy atom. The number of nitrogens with zero attached hydrogens (tertiary/aromatic N) is 1. The van der Waals surface area contributed by atoms with Crippen molar-refractivity contribution in [3.63, 3.8) is 0 Å². The van der Waals surface area contributed by atoms with Crippen LogP contribution in [0.15, 0.2) is 60.9 Å². The van der Waals surface area contributed by atoms with Gasteiger partial charge >= 0.3 is 5.97 Å². The molecule has 1 aromatic carbocycles. The third-order valence-electron chi connectivity index (χ3n) is 6.16. The molecule has 4 heteroatoms. The van der Waals surface area contributed by atoms with Gasteiger partial charge < -0.3 is 9.84 Å². The zero-order chi connectivity index (χ0) is 20.9. The van der Waals surface area contributed by atoms with Crippen LogP contribution in [-0.2, 0) is 14.9 Å². The first-order valence-electron chi connectivity index (χ1n) is 10.4. The van der Waals surface area contributed by atoms with E-state index in [1.165, 1.54) is 11.6 Å². The van der Waals surface area contributed by atoms with Crippen LogP contribution in [0.25, 0.3) is 6.08 Å². The van der Waals surface area contributed by atoms with Crippen LogP contribution in [0.1, 0.15) is 51.2 Å². The van der Waals surface area contributed by atoms with Gasteiger partial charge in [0, 0.05) is 18.3 Å². The Bertz CT molecular complexity index is 816. The van der Waals surface area contributed by atoms with E-state index in [0.717, 1.165) is 24.8 Å². The predicted molar refractivity (Wildman–Crippen MR) is 115 cm³/mol. The topological polar surface area (TPSA) is 59.4 Å². The monoisotopic (exact) mass is 393 g/mol. The molecule has 2 aromatic rings. The van der Waals surface area contributed by atoms with Crippen molar-refractivity contribution in [2.45, 2.75) is 57.7 Å². The summed E-state index contributed by atoms with van der Waals surface area (Å²) in [6.45, 7) is 6.65. The average Bonchev–Trinajstić information content (AvgIpc) is 2.73. The highest BCUT2D eigenvalue weighted by molar-refractivity contribution is 5.78. The summed E-state index contributed by atoms with van der Waals surface area (Å²) in [5, 5.41) is 10.3. The van der Waals surface area contributed by atoms with E-state index in [9.17, 15) is 9.90 Å². The number of rotatable bonds is 6. The number of aliphatic hydroxyl groups excluding tert-OH is 1. The van der Waals surface area contributed by atoms with Crippen LogP contribution in [0.3, 0.4) is 0 Å². The van der Waals surface area contributed by atoms with E-state index >= 15 is 0 Å². The number of ether oxygens (including phenoxy) is 1. The Kier molecular flexibility index (Phi) is 6.86. The number of pyridine rings is 1. The first kappa shape index (κ1) is 21.3. The first-order chi connectivity index (χ1) is 13.9. The van der Waals surface area contributed by atoms with E-state index < -0.39 is 12.1 Å². The van der Waals surface area contributed by atoms with Gasteiger partial charge in [0.2, 0.25) is 0 Å². The molecule has 1 aliphatic rings. The fourth-order valence-electron chi connectivity index (χ4n) is 4.34. The van der Waals surface area contributed by atoms with E-state index in [2.05, 4.69) is 50.0 Å². The highest BCUT2D eigenvalue weighted by Crippen LogP contribution is 2.43. The highest BCUT2D eigenvalue weighted by atomic mass is 16.6. The second kappa shape index (κ2) is 9.36. The molecular weight excluding hydrogens is 362 g/mol. The molecule has 1 saturated carbocycles. The molecule has 1 aliphatic carbocycles. The molecule has 1 aromatic heterocycles. The van der Waals surface area contributed by atoms with Crippen LogP contribution in [-0.4, -0.2) is 28.3 Å². The molecule has 4 atom stereocenters. The van der Waals surface area contributed by atoms with Gasteiger partial charge in [0.05, 0.1) is 0 Å². The lowest BCUT2D eigenvalue weighted by atomic mass is 9.64. The van der Waals surface area contributed by atoms with Crippen molar-refractivity contribution in [3.8, 4) is 0 Å². The number of hydrogen-bond donors (Lipinski definition) is 1. The molecule has 0 spiro atoms. The number of carbonyl (C=O) groups is 1. The van der Waals surface area contributed by atoms with Gasteiger partial charge in [-0.15, -0.1) is 0 Å². The summed E-state index contributed by atoms with van der Waals surface area (Å²) in [5.74, 6) is 0.122. The molecule has 0 unspecified atom stereocenters. The van der Waals surface area contributed by atoms with Gasteiger partial charge in [0.15, 0.2) is 6.10 Å². The van der Waals surface area contributed by atoms with E-state index in [1.54, 1.807) is 18.5 Å². The zero-order valence-electron chi connectivity index (χ0n) is 17.5. The Hall–Kier alpha value is -2.46. The summed E-state index contributed by atoms with van der Waals surface area (Å²) in [6.07, 6.45) is 7.97. The molecule has 154 valence electrons. The summed E-state index contributed by atoms with van der Waals surface area (Å²) in [6, 6.07) is 14.1. The van der Waals surface area contributed by atoms with Gasteiger partial charge in [-0.3, -0.25) is 4.98 Å². The van der Waals surface area contributed by atoms with Gasteiger partial charge in [-0.25, -0.2) is 4.79 Å². The molecule has 1 N–H and O–H groups in total. The molecule has 1 heterocycles. The van der Waals surface area contributed by atoms with Gasteiger partial charge in [0.1, 0.15) is 6.10 Å². The van der Waals surface area contributed by atoms with Crippen molar-refractivity contribution in [1.29, 1.82) is 0 Å². The molecular formula is C25H31NO3. The lowest BCUT2D eigenvalue weighted by Gasteiger charge is -2.44. The Morgan fingerprint density at radius 1 is 1.21 bits per heavy atom. The molecule has 0 amide bonds. The number of esters is 1. The molecule has 0 aliphatic heterocycles. The van der Waals surface area contributed by atoms with E-state index in [-0.39, 0.29) is 17.4 Å². The number of carbonyl (C=O) groups excluding carboxylic acids is 1. The van der Waals surface area contributed by atoms with Crippen molar-refractivity contribution in [3.05, 3.63) is 72.1 Å². The molecule has 1 fully saturated rings. The number of aromatic nitrogens is 1. The minimum atomic E-state index is -1.28. The Labute approximate surface area is 173 Å². The lowest BCUT2D eigenvalue weighted by molar-refractivity contribution is -0.163. The molecule has 0 saturated heterocycles. The lowest BCUT2D eigenvalue weighted by Crippen LogP contribution is -2.44. The Balaban J connectivity index is 1.72. The normalized spacial score (nSPS) is 23.7. The SMILES string of the molecule is C[C@@H]1CC[C@@H](C(C)(C)c2ccccc2)[C@H](OC(=O)[C@@H](O)C=Cc2cccnc2)C1. The predicted octanol–water partition coefficient (Wildman–Crippen LogP) is 4.78. The van der Waals surface area contributed by atoms with Crippen LogP contribution in [0.5, 0.6) is 0 Å². The van der Waals surface area contributed by atoms with Crippen LogP contribution in [0.2, 0.25) is 0 Å². The van der Waals surface area contributed by atoms with Gasteiger partial charge in [-0.2, -0.15) is 0 Å². The molecule has 4 nitrogen and oxygen atoms in total.